The molecule has 0 spiro atoms. The molecule has 1 N–H and O–H groups in total. The Balaban J connectivity index is 1.52. The zero-order chi connectivity index (χ0) is 21.1. The SMILES string of the molecule is C=CCn1nc(C(=O)N2CCOCC2)c2c1CC[C@H](NCc1cc(F)ccc1F)C2. The van der Waals surface area contributed by atoms with Gasteiger partial charge in [0.1, 0.15) is 11.6 Å². The highest BCUT2D eigenvalue weighted by atomic mass is 19.1. The number of carbonyl (C=O) groups excluding carboxylic acids is 1. The predicted octanol–water partition coefficient (Wildman–Crippen LogP) is 2.47. The standard InChI is InChI=1S/C22H26F2N4O2/c1-2-7-28-20-6-4-17(25-14-15-12-16(23)3-5-19(15)24)13-18(20)21(26-28)22(29)27-8-10-30-11-9-27/h2-3,5,12,17,25H,1,4,6-11,13-14H2/t17-/m0/s1. The van der Waals surface area contributed by atoms with Gasteiger partial charge < -0.3 is 15.0 Å². The first-order valence-electron chi connectivity index (χ1n) is 10.3. The first kappa shape index (κ1) is 20.7. The molecule has 2 aromatic rings. The first-order chi connectivity index (χ1) is 14.6. The molecule has 1 aliphatic heterocycles. The topological polar surface area (TPSA) is 59.4 Å². The van der Waals surface area contributed by atoms with Gasteiger partial charge in [0.05, 0.1) is 19.8 Å². The van der Waals surface area contributed by atoms with E-state index in [4.69, 9.17) is 4.74 Å². The number of rotatable bonds is 6. The summed E-state index contributed by atoms with van der Waals surface area (Å²) in [5.74, 6) is -0.959. The third kappa shape index (κ3) is 4.29. The fourth-order valence-corrected chi connectivity index (χ4v) is 4.16. The fourth-order valence-electron chi connectivity index (χ4n) is 4.16. The Kier molecular flexibility index (Phi) is 6.24. The summed E-state index contributed by atoms with van der Waals surface area (Å²) in [4.78, 5) is 14.9. The molecule has 2 heterocycles. The van der Waals surface area contributed by atoms with Gasteiger partial charge in [0.2, 0.25) is 0 Å². The zero-order valence-corrected chi connectivity index (χ0v) is 16.9. The van der Waals surface area contributed by atoms with Crippen molar-refractivity contribution in [2.24, 2.45) is 0 Å². The van der Waals surface area contributed by atoms with Gasteiger partial charge in [0, 0.05) is 42.5 Å². The lowest BCUT2D eigenvalue weighted by molar-refractivity contribution is 0.0297. The van der Waals surface area contributed by atoms with Gasteiger partial charge in [0.25, 0.3) is 5.91 Å². The monoisotopic (exact) mass is 416 g/mol. The van der Waals surface area contributed by atoms with E-state index in [9.17, 15) is 13.6 Å². The number of hydrogen-bond donors (Lipinski definition) is 1. The van der Waals surface area contributed by atoms with Gasteiger partial charge in [-0.1, -0.05) is 6.08 Å². The lowest BCUT2D eigenvalue weighted by atomic mass is 9.90. The van der Waals surface area contributed by atoms with Crippen LogP contribution in [0.15, 0.2) is 30.9 Å². The Labute approximate surface area is 174 Å². The fraction of sp³-hybridized carbons (Fsp3) is 0.455. The number of morpholine rings is 1. The molecule has 160 valence electrons. The number of benzene rings is 1. The van der Waals surface area contributed by atoms with Gasteiger partial charge in [-0.3, -0.25) is 9.48 Å². The van der Waals surface area contributed by atoms with E-state index in [1.165, 1.54) is 6.07 Å². The molecule has 1 atom stereocenters. The number of allylic oxidation sites excluding steroid dienone is 1. The summed E-state index contributed by atoms with van der Waals surface area (Å²) in [6.45, 7) is 6.75. The van der Waals surface area contributed by atoms with Crippen molar-refractivity contribution in [3.05, 3.63) is 65.0 Å². The van der Waals surface area contributed by atoms with Gasteiger partial charge in [-0.25, -0.2) is 8.78 Å². The van der Waals surface area contributed by atoms with Crippen LogP contribution in [0.3, 0.4) is 0 Å². The van der Waals surface area contributed by atoms with E-state index in [-0.39, 0.29) is 18.5 Å². The van der Waals surface area contributed by atoms with Crippen LogP contribution >= 0.6 is 0 Å². The van der Waals surface area contributed by atoms with Gasteiger partial charge in [-0.05, 0) is 37.5 Å². The number of aromatic nitrogens is 2. The minimum atomic E-state index is -0.455. The first-order valence-corrected chi connectivity index (χ1v) is 10.3. The molecule has 6 nitrogen and oxygen atoms in total. The largest absolute Gasteiger partial charge is 0.378 e. The number of carbonyl (C=O) groups is 1. The van der Waals surface area contributed by atoms with Crippen molar-refractivity contribution in [1.29, 1.82) is 0 Å². The Morgan fingerprint density at radius 2 is 2.13 bits per heavy atom. The number of hydrogen-bond acceptors (Lipinski definition) is 4. The molecule has 0 radical (unpaired) electrons. The highest BCUT2D eigenvalue weighted by Crippen LogP contribution is 2.26. The van der Waals surface area contributed by atoms with E-state index >= 15 is 0 Å². The minimum Gasteiger partial charge on any atom is -0.378 e. The summed E-state index contributed by atoms with van der Waals surface area (Å²) in [5.41, 5.74) is 2.78. The van der Waals surface area contributed by atoms with Crippen molar-refractivity contribution in [2.45, 2.75) is 38.4 Å². The van der Waals surface area contributed by atoms with Crippen LogP contribution in [0.25, 0.3) is 0 Å². The van der Waals surface area contributed by atoms with Crippen LogP contribution in [-0.2, 0) is 30.7 Å². The average molecular weight is 416 g/mol. The van der Waals surface area contributed by atoms with Crippen LogP contribution in [0.5, 0.6) is 0 Å². The maximum Gasteiger partial charge on any atom is 0.274 e. The van der Waals surface area contributed by atoms with E-state index in [1.807, 2.05) is 4.68 Å². The maximum absolute atomic E-state index is 13.9. The molecule has 4 rings (SSSR count). The van der Waals surface area contributed by atoms with Crippen molar-refractivity contribution in [1.82, 2.24) is 20.0 Å². The second kappa shape index (κ2) is 9.06. The Morgan fingerprint density at radius 3 is 2.90 bits per heavy atom. The number of halogens is 2. The quantitative estimate of drug-likeness (QED) is 0.735. The summed E-state index contributed by atoms with van der Waals surface area (Å²) in [7, 11) is 0. The minimum absolute atomic E-state index is 0.0535. The number of nitrogens with zero attached hydrogens (tertiary/aromatic N) is 3. The Morgan fingerprint density at radius 1 is 1.33 bits per heavy atom. The van der Waals surface area contributed by atoms with E-state index in [1.54, 1.807) is 11.0 Å². The summed E-state index contributed by atoms with van der Waals surface area (Å²) in [6, 6.07) is 3.52. The highest BCUT2D eigenvalue weighted by molar-refractivity contribution is 5.94. The van der Waals surface area contributed by atoms with Crippen LogP contribution in [-0.4, -0.2) is 52.9 Å². The third-order valence-corrected chi connectivity index (χ3v) is 5.74. The van der Waals surface area contributed by atoms with Crippen molar-refractivity contribution in [3.8, 4) is 0 Å². The molecule has 1 saturated heterocycles. The highest BCUT2D eigenvalue weighted by Gasteiger charge is 2.31. The summed E-state index contributed by atoms with van der Waals surface area (Å²) in [6.07, 6.45) is 3.98. The van der Waals surface area contributed by atoms with Crippen LogP contribution in [0.2, 0.25) is 0 Å². The molecule has 1 fully saturated rings. The van der Waals surface area contributed by atoms with Crippen molar-refractivity contribution in [3.63, 3.8) is 0 Å². The average Bonchev–Trinajstić information content (AvgIpc) is 3.12. The molecule has 0 bridgehead atoms. The third-order valence-electron chi connectivity index (χ3n) is 5.74. The lowest BCUT2D eigenvalue weighted by Gasteiger charge is -2.28. The zero-order valence-electron chi connectivity index (χ0n) is 16.9. The molecule has 1 aromatic heterocycles. The molecule has 0 saturated carbocycles. The van der Waals surface area contributed by atoms with Crippen LogP contribution in [0.4, 0.5) is 8.78 Å². The van der Waals surface area contributed by atoms with Crippen LogP contribution < -0.4 is 5.32 Å². The van der Waals surface area contributed by atoms with Gasteiger partial charge in [0.15, 0.2) is 5.69 Å². The van der Waals surface area contributed by atoms with Crippen molar-refractivity contribution < 1.29 is 18.3 Å². The molecular weight excluding hydrogens is 390 g/mol. The second-order valence-electron chi connectivity index (χ2n) is 7.71. The maximum atomic E-state index is 13.9. The molecule has 30 heavy (non-hydrogen) atoms. The van der Waals surface area contributed by atoms with Crippen molar-refractivity contribution >= 4 is 5.91 Å². The molecular formula is C22H26F2N4O2. The summed E-state index contributed by atoms with van der Waals surface area (Å²) >= 11 is 0. The van der Waals surface area contributed by atoms with Gasteiger partial charge >= 0.3 is 0 Å². The summed E-state index contributed by atoms with van der Waals surface area (Å²) in [5, 5.41) is 7.94. The summed E-state index contributed by atoms with van der Waals surface area (Å²) < 4.78 is 34.6. The smallest absolute Gasteiger partial charge is 0.274 e. The van der Waals surface area contributed by atoms with E-state index in [0.717, 1.165) is 36.2 Å². The van der Waals surface area contributed by atoms with Gasteiger partial charge in [-0.15, -0.1) is 6.58 Å². The molecule has 0 unspecified atom stereocenters. The Hall–Kier alpha value is -2.58. The predicted molar refractivity (Wildman–Crippen MR) is 108 cm³/mol. The normalized spacial score (nSPS) is 18.9. The molecule has 1 amide bonds. The molecule has 2 aliphatic rings. The number of fused-ring (bicyclic) bond motifs is 1. The second-order valence-corrected chi connectivity index (χ2v) is 7.71. The van der Waals surface area contributed by atoms with E-state index in [0.29, 0.717) is 50.5 Å². The molecule has 1 aliphatic carbocycles. The van der Waals surface area contributed by atoms with Crippen LogP contribution in [0.1, 0.15) is 33.7 Å². The van der Waals surface area contributed by atoms with E-state index in [2.05, 4.69) is 17.0 Å². The van der Waals surface area contributed by atoms with Crippen LogP contribution in [0, 0.1) is 11.6 Å². The lowest BCUT2D eigenvalue weighted by Crippen LogP contribution is -2.41. The number of nitrogens with one attached hydrogen (secondary N) is 1. The number of amides is 1. The van der Waals surface area contributed by atoms with E-state index < -0.39 is 11.6 Å². The molecule has 1 aromatic carbocycles. The van der Waals surface area contributed by atoms with Crippen molar-refractivity contribution in [2.75, 3.05) is 26.3 Å². The number of ether oxygens (including phenoxy) is 1. The Bertz CT molecular complexity index is 937. The molecule has 8 heteroatoms. The van der Waals surface area contributed by atoms with Gasteiger partial charge in [-0.2, -0.15) is 5.10 Å².